The summed E-state index contributed by atoms with van der Waals surface area (Å²) in [5.74, 6) is -0.736. The van der Waals surface area contributed by atoms with Crippen LogP contribution in [0.4, 0.5) is 5.00 Å². The van der Waals surface area contributed by atoms with Gasteiger partial charge in [-0.05, 0) is 36.1 Å². The van der Waals surface area contributed by atoms with Crippen LogP contribution in [0.15, 0.2) is 66.1 Å². The molecule has 1 N–H and O–H groups in total. The van der Waals surface area contributed by atoms with E-state index >= 15 is 0 Å². The smallest absolute Gasteiger partial charge is 0.341 e. The molecule has 1 amide bonds. The van der Waals surface area contributed by atoms with Crippen LogP contribution >= 0.6 is 11.3 Å². The van der Waals surface area contributed by atoms with Crippen LogP contribution in [0.2, 0.25) is 0 Å². The maximum Gasteiger partial charge on any atom is 0.341 e. The Hall–Kier alpha value is -3.18. The highest BCUT2D eigenvalue weighted by Crippen LogP contribution is 2.36. The third-order valence-corrected chi connectivity index (χ3v) is 5.30. The predicted octanol–water partition coefficient (Wildman–Crippen LogP) is 5.81. The van der Waals surface area contributed by atoms with Crippen molar-refractivity contribution in [1.82, 2.24) is 0 Å². The summed E-state index contributed by atoms with van der Waals surface area (Å²) < 4.78 is 5.24. The summed E-state index contributed by atoms with van der Waals surface area (Å²) in [5, 5.41) is 5.19. The maximum atomic E-state index is 12.6. The fourth-order valence-electron chi connectivity index (χ4n) is 2.88. The molecule has 0 saturated heterocycles. The molecular formula is C24H23NO3S. The highest BCUT2D eigenvalue weighted by Gasteiger charge is 2.22. The molecular weight excluding hydrogens is 382 g/mol. The Kier molecular flexibility index (Phi) is 6.98. The van der Waals surface area contributed by atoms with Crippen LogP contribution < -0.4 is 5.32 Å². The van der Waals surface area contributed by atoms with Crippen molar-refractivity contribution in [3.63, 3.8) is 0 Å². The highest BCUT2D eigenvalue weighted by molar-refractivity contribution is 7.15. The molecule has 0 aliphatic rings. The van der Waals surface area contributed by atoms with Crippen molar-refractivity contribution in [2.75, 3.05) is 11.9 Å². The van der Waals surface area contributed by atoms with E-state index in [1.165, 1.54) is 23.0 Å². The number of rotatable bonds is 7. The average molecular weight is 406 g/mol. The van der Waals surface area contributed by atoms with Crippen LogP contribution in [0.1, 0.15) is 35.3 Å². The van der Waals surface area contributed by atoms with Crippen LogP contribution in [0, 0.1) is 0 Å². The van der Waals surface area contributed by atoms with Crippen LogP contribution in [0.5, 0.6) is 0 Å². The van der Waals surface area contributed by atoms with Gasteiger partial charge >= 0.3 is 5.97 Å². The monoisotopic (exact) mass is 405 g/mol. The Morgan fingerprint density at radius 1 is 1.03 bits per heavy atom. The van der Waals surface area contributed by atoms with Gasteiger partial charge in [-0.25, -0.2) is 4.79 Å². The Balaban J connectivity index is 1.87. The largest absolute Gasteiger partial charge is 0.462 e. The number of hydrogen-bond acceptors (Lipinski definition) is 4. The number of aryl methyl sites for hydroxylation is 1. The van der Waals surface area contributed by atoms with Crippen molar-refractivity contribution in [3.8, 4) is 11.1 Å². The molecule has 0 atom stereocenters. The minimum atomic E-state index is -0.439. The van der Waals surface area contributed by atoms with Crippen LogP contribution in [0.25, 0.3) is 17.2 Å². The third-order valence-electron chi connectivity index (χ3n) is 4.41. The van der Waals surface area contributed by atoms with Crippen LogP contribution in [-0.4, -0.2) is 18.5 Å². The molecule has 3 rings (SSSR count). The number of carbonyl (C=O) groups is 2. The van der Waals surface area contributed by atoms with Crippen molar-refractivity contribution in [2.45, 2.75) is 20.3 Å². The number of benzene rings is 2. The molecule has 1 heterocycles. The molecule has 4 nitrogen and oxygen atoms in total. The van der Waals surface area contributed by atoms with Gasteiger partial charge in [0, 0.05) is 17.0 Å². The predicted molar refractivity (Wildman–Crippen MR) is 119 cm³/mol. The lowest BCUT2D eigenvalue weighted by atomic mass is 10.0. The van der Waals surface area contributed by atoms with E-state index in [1.54, 1.807) is 13.0 Å². The zero-order valence-electron chi connectivity index (χ0n) is 16.5. The first-order chi connectivity index (χ1) is 14.1. The van der Waals surface area contributed by atoms with E-state index in [0.29, 0.717) is 10.6 Å². The second-order valence-corrected chi connectivity index (χ2v) is 7.24. The SMILES string of the molecule is CCOC(=O)c1c(-c2ccc(CC)cc2)csc1NC(=O)/C=C/c1ccccc1. The van der Waals surface area contributed by atoms with Crippen molar-refractivity contribution >= 4 is 34.3 Å². The van der Waals surface area contributed by atoms with Crippen molar-refractivity contribution < 1.29 is 14.3 Å². The van der Waals surface area contributed by atoms with Crippen LogP contribution in [0.3, 0.4) is 0 Å². The van der Waals surface area contributed by atoms with E-state index in [9.17, 15) is 9.59 Å². The van der Waals surface area contributed by atoms with E-state index < -0.39 is 5.97 Å². The molecule has 0 saturated carbocycles. The summed E-state index contributed by atoms with van der Waals surface area (Å²) in [6.07, 6.45) is 4.14. The average Bonchev–Trinajstić information content (AvgIpc) is 3.16. The summed E-state index contributed by atoms with van der Waals surface area (Å²) in [5.41, 5.74) is 4.22. The number of ether oxygens (including phenoxy) is 1. The van der Waals surface area contributed by atoms with Crippen molar-refractivity contribution in [1.29, 1.82) is 0 Å². The first-order valence-corrected chi connectivity index (χ1v) is 10.4. The molecule has 0 aliphatic carbocycles. The molecule has 3 aromatic rings. The van der Waals surface area contributed by atoms with E-state index in [0.717, 1.165) is 23.1 Å². The molecule has 0 fully saturated rings. The van der Waals surface area contributed by atoms with Gasteiger partial charge in [-0.2, -0.15) is 0 Å². The number of hydrogen-bond donors (Lipinski definition) is 1. The van der Waals surface area contributed by atoms with Gasteiger partial charge < -0.3 is 10.1 Å². The lowest BCUT2D eigenvalue weighted by Crippen LogP contribution is -2.12. The normalized spacial score (nSPS) is 10.8. The topological polar surface area (TPSA) is 55.4 Å². The summed E-state index contributed by atoms with van der Waals surface area (Å²) in [6, 6.07) is 17.6. The second kappa shape index (κ2) is 9.85. The van der Waals surface area contributed by atoms with Crippen LogP contribution in [-0.2, 0) is 16.0 Å². The Morgan fingerprint density at radius 2 is 1.76 bits per heavy atom. The van der Waals surface area contributed by atoms with Crippen molar-refractivity contribution in [2.24, 2.45) is 0 Å². The molecule has 0 radical (unpaired) electrons. The van der Waals surface area contributed by atoms with Gasteiger partial charge in [0.05, 0.1) is 6.61 Å². The maximum absolute atomic E-state index is 12.6. The fraction of sp³-hybridized carbons (Fsp3) is 0.167. The van der Waals surface area contributed by atoms with Gasteiger partial charge in [0.2, 0.25) is 5.91 Å². The molecule has 2 aromatic carbocycles. The fourth-order valence-corrected chi connectivity index (χ4v) is 3.84. The number of esters is 1. The van der Waals surface area contributed by atoms with E-state index in [-0.39, 0.29) is 12.5 Å². The molecule has 1 aromatic heterocycles. The quantitative estimate of drug-likeness (QED) is 0.399. The number of amides is 1. The number of carbonyl (C=O) groups excluding carboxylic acids is 2. The van der Waals surface area contributed by atoms with E-state index in [2.05, 4.69) is 12.2 Å². The molecule has 0 spiro atoms. The summed E-state index contributed by atoms with van der Waals surface area (Å²) in [4.78, 5) is 25.0. The summed E-state index contributed by atoms with van der Waals surface area (Å²) >= 11 is 1.32. The standard InChI is InChI=1S/C24H23NO3S/c1-3-17-10-13-19(14-11-17)20-16-29-23(22(20)24(27)28-4-2)25-21(26)15-12-18-8-6-5-7-9-18/h5-16H,3-4H2,1-2H3,(H,25,26)/b15-12+. The summed E-state index contributed by atoms with van der Waals surface area (Å²) in [6.45, 7) is 4.13. The Morgan fingerprint density at radius 3 is 2.41 bits per heavy atom. The second-order valence-electron chi connectivity index (χ2n) is 6.36. The lowest BCUT2D eigenvalue weighted by Gasteiger charge is -2.08. The molecule has 0 unspecified atom stereocenters. The third kappa shape index (κ3) is 5.21. The van der Waals surface area contributed by atoms with Gasteiger partial charge in [0.25, 0.3) is 0 Å². The lowest BCUT2D eigenvalue weighted by molar-refractivity contribution is -0.111. The van der Waals surface area contributed by atoms with E-state index in [4.69, 9.17) is 4.74 Å². The first kappa shape index (κ1) is 20.6. The van der Waals surface area contributed by atoms with Gasteiger partial charge in [0.15, 0.2) is 0 Å². The van der Waals surface area contributed by atoms with E-state index in [1.807, 2.05) is 60.0 Å². The Bertz CT molecular complexity index is 1000. The van der Waals surface area contributed by atoms with Gasteiger partial charge in [-0.1, -0.05) is 61.5 Å². The molecule has 0 aliphatic heterocycles. The molecule has 0 bridgehead atoms. The minimum Gasteiger partial charge on any atom is -0.462 e. The zero-order valence-corrected chi connectivity index (χ0v) is 17.3. The van der Waals surface area contributed by atoms with Gasteiger partial charge in [-0.3, -0.25) is 4.79 Å². The van der Waals surface area contributed by atoms with Crippen molar-refractivity contribution in [3.05, 3.63) is 82.7 Å². The first-order valence-electron chi connectivity index (χ1n) is 9.54. The molecule has 148 valence electrons. The highest BCUT2D eigenvalue weighted by atomic mass is 32.1. The minimum absolute atomic E-state index is 0.268. The number of nitrogens with one attached hydrogen (secondary N) is 1. The molecule has 29 heavy (non-hydrogen) atoms. The number of thiophene rings is 1. The molecule has 5 heteroatoms. The zero-order chi connectivity index (χ0) is 20.6. The van der Waals surface area contributed by atoms with Gasteiger partial charge in [-0.15, -0.1) is 11.3 Å². The van der Waals surface area contributed by atoms with Gasteiger partial charge in [0.1, 0.15) is 10.6 Å². The Labute approximate surface area is 174 Å². The number of anilines is 1. The summed E-state index contributed by atoms with van der Waals surface area (Å²) in [7, 11) is 0.